The van der Waals surface area contributed by atoms with Crippen LogP contribution in [0.1, 0.15) is 15.9 Å². The predicted molar refractivity (Wildman–Crippen MR) is 102 cm³/mol. The lowest BCUT2D eigenvalue weighted by Gasteiger charge is -2.05. The van der Waals surface area contributed by atoms with E-state index in [0.717, 1.165) is 22.4 Å². The van der Waals surface area contributed by atoms with Crippen molar-refractivity contribution in [2.75, 3.05) is 0 Å². The molecule has 0 aliphatic heterocycles. The molecule has 0 unspecified atom stereocenters. The van der Waals surface area contributed by atoms with E-state index in [1.807, 2.05) is 42.5 Å². The van der Waals surface area contributed by atoms with Gasteiger partial charge in [-0.2, -0.15) is 0 Å². The van der Waals surface area contributed by atoms with Crippen LogP contribution < -0.4 is 10.9 Å². The number of non-ortho nitro benzene ring substituents is 1. The van der Waals surface area contributed by atoms with E-state index < -0.39 is 16.7 Å². The molecule has 2 N–H and O–H groups in total. The Balaban J connectivity index is 1.64. The molecule has 0 saturated heterocycles. The minimum absolute atomic E-state index is 0.0718. The number of amides is 2. The minimum atomic E-state index is -0.648. The fourth-order valence-electron chi connectivity index (χ4n) is 2.55. The van der Waals surface area contributed by atoms with Crippen molar-refractivity contribution in [2.45, 2.75) is 0 Å². The third kappa shape index (κ3) is 4.35. The molecule has 0 aliphatic carbocycles. The summed E-state index contributed by atoms with van der Waals surface area (Å²) in [6.45, 7) is 0. The van der Waals surface area contributed by atoms with Crippen molar-refractivity contribution in [3.05, 3.63) is 94.0 Å². The third-order valence-corrected chi connectivity index (χ3v) is 3.86. The van der Waals surface area contributed by atoms with Crippen LogP contribution in [0.3, 0.4) is 0 Å². The molecule has 0 bridgehead atoms. The number of fused-ring (bicyclic) bond motifs is 1. The van der Waals surface area contributed by atoms with Gasteiger partial charge in [0.25, 0.3) is 17.5 Å². The monoisotopic (exact) mass is 361 g/mol. The smallest absolute Gasteiger partial charge is 0.268 e. The standard InChI is InChI=1S/C20H15N3O4/c24-19(12-11-15-7-3-6-14-5-1-2-10-18(14)15)21-22-20(25)16-8-4-9-17(13-16)23(26)27/h1-13H,(H,21,24)(H,22,25)/b12-11+. The zero-order valence-corrected chi connectivity index (χ0v) is 14.1. The summed E-state index contributed by atoms with van der Waals surface area (Å²) < 4.78 is 0. The van der Waals surface area contributed by atoms with Crippen LogP contribution in [0.4, 0.5) is 5.69 Å². The van der Waals surface area contributed by atoms with Crippen LogP contribution in [0.15, 0.2) is 72.8 Å². The van der Waals surface area contributed by atoms with Crippen LogP contribution >= 0.6 is 0 Å². The van der Waals surface area contributed by atoms with Gasteiger partial charge >= 0.3 is 0 Å². The quantitative estimate of drug-likeness (QED) is 0.423. The Labute approximate surface area is 154 Å². The Kier molecular flexibility index (Phi) is 5.22. The summed E-state index contributed by atoms with van der Waals surface area (Å²) in [4.78, 5) is 34.1. The SMILES string of the molecule is O=C(/C=C/c1cccc2ccccc12)NNC(=O)c1cccc([N+](=O)[O-])c1. The van der Waals surface area contributed by atoms with E-state index in [0.29, 0.717) is 0 Å². The van der Waals surface area contributed by atoms with E-state index in [1.165, 1.54) is 24.3 Å². The van der Waals surface area contributed by atoms with Crippen LogP contribution in [-0.2, 0) is 4.79 Å². The third-order valence-electron chi connectivity index (χ3n) is 3.86. The molecule has 0 saturated carbocycles. The normalized spacial score (nSPS) is 10.7. The summed E-state index contributed by atoms with van der Waals surface area (Å²) in [5.41, 5.74) is 5.22. The highest BCUT2D eigenvalue weighted by atomic mass is 16.6. The molecule has 0 heterocycles. The number of nitro groups is 1. The van der Waals surface area contributed by atoms with Gasteiger partial charge in [0.1, 0.15) is 0 Å². The van der Waals surface area contributed by atoms with Crippen LogP contribution in [0.2, 0.25) is 0 Å². The number of nitrogens with zero attached hydrogens (tertiary/aromatic N) is 1. The second-order valence-corrected chi connectivity index (χ2v) is 5.65. The van der Waals surface area contributed by atoms with Crippen molar-refractivity contribution in [1.29, 1.82) is 0 Å². The molecule has 0 radical (unpaired) electrons. The zero-order valence-electron chi connectivity index (χ0n) is 14.1. The van der Waals surface area contributed by atoms with Gasteiger partial charge in [-0.05, 0) is 28.5 Å². The molecule has 2 amide bonds. The molecule has 0 aromatic heterocycles. The molecular formula is C20H15N3O4. The van der Waals surface area contributed by atoms with E-state index in [4.69, 9.17) is 0 Å². The molecule has 3 aromatic rings. The first-order valence-electron chi connectivity index (χ1n) is 8.05. The number of benzene rings is 3. The molecule has 134 valence electrons. The Morgan fingerprint density at radius 2 is 1.67 bits per heavy atom. The lowest BCUT2D eigenvalue weighted by molar-refractivity contribution is -0.384. The van der Waals surface area contributed by atoms with E-state index in [1.54, 1.807) is 6.08 Å². The Morgan fingerprint density at radius 1 is 0.926 bits per heavy atom. The van der Waals surface area contributed by atoms with E-state index in [9.17, 15) is 19.7 Å². The molecule has 7 nitrogen and oxygen atoms in total. The number of carbonyl (C=O) groups is 2. The largest absolute Gasteiger partial charge is 0.270 e. The highest BCUT2D eigenvalue weighted by Gasteiger charge is 2.11. The van der Waals surface area contributed by atoms with Crippen molar-refractivity contribution in [3.63, 3.8) is 0 Å². The number of rotatable bonds is 4. The van der Waals surface area contributed by atoms with Gasteiger partial charge < -0.3 is 0 Å². The Morgan fingerprint density at radius 3 is 2.48 bits per heavy atom. The maximum Gasteiger partial charge on any atom is 0.270 e. The van der Waals surface area contributed by atoms with Gasteiger partial charge in [0.05, 0.1) is 4.92 Å². The molecule has 3 aromatic carbocycles. The topological polar surface area (TPSA) is 101 Å². The highest BCUT2D eigenvalue weighted by molar-refractivity contribution is 5.99. The van der Waals surface area contributed by atoms with Gasteiger partial charge in [0.2, 0.25) is 0 Å². The molecule has 27 heavy (non-hydrogen) atoms. The predicted octanol–water partition coefficient (Wildman–Crippen LogP) is 3.22. The number of carbonyl (C=O) groups excluding carboxylic acids is 2. The first-order chi connectivity index (χ1) is 13.0. The number of nitro benzene ring substituents is 1. The molecule has 0 spiro atoms. The number of hydrazine groups is 1. The molecule has 0 aliphatic rings. The molecule has 3 rings (SSSR count). The van der Waals surface area contributed by atoms with Crippen molar-refractivity contribution in [2.24, 2.45) is 0 Å². The Bertz CT molecular complexity index is 1050. The van der Waals surface area contributed by atoms with Gasteiger partial charge in [-0.3, -0.25) is 30.6 Å². The maximum atomic E-state index is 12.0. The first kappa shape index (κ1) is 17.8. The van der Waals surface area contributed by atoms with Gasteiger partial charge in [-0.25, -0.2) is 0 Å². The van der Waals surface area contributed by atoms with E-state index >= 15 is 0 Å². The van der Waals surface area contributed by atoms with Crippen molar-refractivity contribution in [1.82, 2.24) is 10.9 Å². The van der Waals surface area contributed by atoms with Gasteiger partial charge in [0, 0.05) is 23.8 Å². The second kappa shape index (κ2) is 7.92. The molecular weight excluding hydrogens is 346 g/mol. The van der Waals surface area contributed by atoms with Gasteiger partial charge in [0.15, 0.2) is 0 Å². The van der Waals surface area contributed by atoms with Crippen LogP contribution in [-0.4, -0.2) is 16.7 Å². The van der Waals surface area contributed by atoms with Crippen molar-refractivity contribution in [3.8, 4) is 0 Å². The summed E-state index contributed by atoms with van der Waals surface area (Å²) in [6, 6.07) is 18.8. The lowest BCUT2D eigenvalue weighted by Crippen LogP contribution is -2.40. The number of nitrogens with one attached hydrogen (secondary N) is 2. The van der Waals surface area contributed by atoms with E-state index in [-0.39, 0.29) is 11.3 Å². The average Bonchev–Trinajstić information content (AvgIpc) is 2.70. The summed E-state index contributed by atoms with van der Waals surface area (Å²) in [5.74, 6) is -1.17. The second-order valence-electron chi connectivity index (χ2n) is 5.65. The average molecular weight is 361 g/mol. The van der Waals surface area contributed by atoms with Gasteiger partial charge in [-0.15, -0.1) is 0 Å². The van der Waals surface area contributed by atoms with Crippen LogP contribution in [0.25, 0.3) is 16.8 Å². The first-order valence-corrected chi connectivity index (χ1v) is 8.05. The maximum absolute atomic E-state index is 12.0. The minimum Gasteiger partial charge on any atom is -0.268 e. The lowest BCUT2D eigenvalue weighted by atomic mass is 10.0. The summed E-state index contributed by atoms with van der Waals surface area (Å²) in [7, 11) is 0. The van der Waals surface area contributed by atoms with Crippen molar-refractivity contribution >= 4 is 34.4 Å². The van der Waals surface area contributed by atoms with Gasteiger partial charge in [-0.1, -0.05) is 48.5 Å². The molecule has 0 fully saturated rings. The fourth-order valence-corrected chi connectivity index (χ4v) is 2.55. The van der Waals surface area contributed by atoms with Crippen LogP contribution in [0.5, 0.6) is 0 Å². The van der Waals surface area contributed by atoms with E-state index in [2.05, 4.69) is 10.9 Å². The molecule has 0 atom stereocenters. The zero-order chi connectivity index (χ0) is 19.2. The summed E-state index contributed by atoms with van der Waals surface area (Å²) >= 11 is 0. The highest BCUT2D eigenvalue weighted by Crippen LogP contribution is 2.19. The summed E-state index contributed by atoms with van der Waals surface area (Å²) in [6.07, 6.45) is 2.95. The Hall–Kier alpha value is -4.00. The van der Waals surface area contributed by atoms with Crippen LogP contribution in [0, 0.1) is 10.1 Å². The summed E-state index contributed by atoms with van der Waals surface area (Å²) in [5, 5.41) is 12.8. The number of hydrogen-bond donors (Lipinski definition) is 2. The fraction of sp³-hybridized carbons (Fsp3) is 0. The number of hydrogen-bond acceptors (Lipinski definition) is 4. The van der Waals surface area contributed by atoms with Crippen molar-refractivity contribution < 1.29 is 14.5 Å². The molecule has 7 heteroatoms.